The van der Waals surface area contributed by atoms with Gasteiger partial charge >= 0.3 is 11.9 Å². The maximum absolute atomic E-state index is 10.6. The number of aliphatic hydroxyl groups excluding tert-OH is 1. The van der Waals surface area contributed by atoms with Crippen molar-refractivity contribution >= 4 is 11.9 Å². The van der Waals surface area contributed by atoms with Gasteiger partial charge in [-0.1, -0.05) is 0 Å². The normalized spacial score (nSPS) is 12.2. The van der Waals surface area contributed by atoms with Crippen LogP contribution >= 0.6 is 0 Å². The molecule has 0 saturated heterocycles. The highest BCUT2D eigenvalue weighted by Crippen LogP contribution is 1.90. The van der Waals surface area contributed by atoms with E-state index in [9.17, 15) is 9.59 Å². The molecule has 12 heavy (non-hydrogen) atoms. The molecule has 0 aromatic heterocycles. The Kier molecular flexibility index (Phi) is 4.98. The zero-order chi connectivity index (χ0) is 9.56. The molecule has 70 valence electrons. The first-order valence-corrected chi connectivity index (χ1v) is 3.26. The lowest BCUT2D eigenvalue weighted by Crippen LogP contribution is -2.28. The quantitative estimate of drug-likeness (QED) is 0.413. The number of carboxylic acid groups (broad SMARTS) is 1. The number of ether oxygens (including phenoxy) is 2. The second-order valence-electron chi connectivity index (χ2n) is 1.81. The van der Waals surface area contributed by atoms with Crippen molar-refractivity contribution in [2.24, 2.45) is 0 Å². The van der Waals surface area contributed by atoms with Crippen molar-refractivity contribution in [1.29, 1.82) is 0 Å². The van der Waals surface area contributed by atoms with Crippen molar-refractivity contribution in [3.05, 3.63) is 0 Å². The Morgan fingerprint density at radius 3 is 2.50 bits per heavy atom. The standard InChI is InChI=1S/C6H10O6/c1-2-11-5(9)6(10)12-3-4(7)8/h6,10H,2-3H2,1H3,(H,7,8). The van der Waals surface area contributed by atoms with Gasteiger partial charge in [-0.3, -0.25) is 0 Å². The van der Waals surface area contributed by atoms with E-state index >= 15 is 0 Å². The average molecular weight is 178 g/mol. The summed E-state index contributed by atoms with van der Waals surface area (Å²) in [4.78, 5) is 20.5. The number of esters is 1. The molecule has 1 unspecified atom stereocenters. The Labute approximate surface area is 68.7 Å². The van der Waals surface area contributed by atoms with Crippen LogP contribution in [-0.4, -0.2) is 41.7 Å². The molecule has 1 atom stereocenters. The molecule has 0 aliphatic rings. The SMILES string of the molecule is CCOC(=O)C(O)OCC(=O)O. The number of hydrogen-bond donors (Lipinski definition) is 2. The predicted molar refractivity (Wildman–Crippen MR) is 36.2 cm³/mol. The summed E-state index contributed by atoms with van der Waals surface area (Å²) in [6, 6.07) is 0. The number of rotatable bonds is 5. The second-order valence-corrected chi connectivity index (χ2v) is 1.81. The predicted octanol–water partition coefficient (Wildman–Crippen LogP) is -1.03. The second kappa shape index (κ2) is 5.50. The molecule has 0 spiro atoms. The maximum atomic E-state index is 10.6. The first-order chi connectivity index (χ1) is 5.57. The van der Waals surface area contributed by atoms with Gasteiger partial charge in [0.15, 0.2) is 0 Å². The minimum Gasteiger partial charge on any atom is -0.480 e. The summed E-state index contributed by atoms with van der Waals surface area (Å²) in [7, 11) is 0. The molecule has 0 aliphatic carbocycles. The first-order valence-electron chi connectivity index (χ1n) is 3.26. The van der Waals surface area contributed by atoms with Crippen LogP contribution < -0.4 is 0 Å². The summed E-state index contributed by atoms with van der Waals surface area (Å²) in [5.41, 5.74) is 0. The Bertz CT molecular complexity index is 165. The van der Waals surface area contributed by atoms with Crippen LogP contribution in [0.5, 0.6) is 0 Å². The van der Waals surface area contributed by atoms with Crippen LogP contribution in [0, 0.1) is 0 Å². The van der Waals surface area contributed by atoms with E-state index in [-0.39, 0.29) is 6.61 Å². The van der Waals surface area contributed by atoms with Crippen LogP contribution in [0.15, 0.2) is 0 Å². The van der Waals surface area contributed by atoms with Crippen molar-refractivity contribution in [3.63, 3.8) is 0 Å². The number of hydrogen-bond acceptors (Lipinski definition) is 5. The number of carbonyl (C=O) groups is 2. The van der Waals surface area contributed by atoms with E-state index in [1.807, 2.05) is 0 Å². The zero-order valence-electron chi connectivity index (χ0n) is 6.52. The van der Waals surface area contributed by atoms with Crippen molar-refractivity contribution in [2.45, 2.75) is 13.2 Å². The summed E-state index contributed by atoms with van der Waals surface area (Å²) in [5.74, 6) is -2.25. The fourth-order valence-electron chi connectivity index (χ4n) is 0.432. The number of carboxylic acids is 1. The van der Waals surface area contributed by atoms with Crippen molar-refractivity contribution in [2.75, 3.05) is 13.2 Å². The van der Waals surface area contributed by atoms with Crippen molar-refractivity contribution < 1.29 is 29.3 Å². The smallest absolute Gasteiger partial charge is 0.363 e. The maximum Gasteiger partial charge on any atom is 0.363 e. The molecule has 0 heterocycles. The van der Waals surface area contributed by atoms with E-state index in [4.69, 9.17) is 10.2 Å². The minimum atomic E-state index is -1.82. The Morgan fingerprint density at radius 2 is 2.08 bits per heavy atom. The van der Waals surface area contributed by atoms with Crippen LogP contribution in [0.1, 0.15) is 6.92 Å². The summed E-state index contributed by atoms with van der Waals surface area (Å²) in [6.45, 7) is 0.925. The van der Waals surface area contributed by atoms with Crippen molar-refractivity contribution in [1.82, 2.24) is 0 Å². The molecular weight excluding hydrogens is 168 g/mol. The molecule has 2 N–H and O–H groups in total. The fourth-order valence-corrected chi connectivity index (χ4v) is 0.432. The van der Waals surface area contributed by atoms with Gasteiger partial charge in [-0.2, -0.15) is 0 Å². The molecular formula is C6H10O6. The van der Waals surface area contributed by atoms with Gasteiger partial charge in [-0.15, -0.1) is 0 Å². The monoisotopic (exact) mass is 178 g/mol. The van der Waals surface area contributed by atoms with Gasteiger partial charge in [0.2, 0.25) is 0 Å². The Hall–Kier alpha value is -1.14. The molecule has 0 aromatic rings. The lowest BCUT2D eigenvalue weighted by Gasteiger charge is -2.08. The molecule has 0 rings (SSSR count). The van der Waals surface area contributed by atoms with Crippen LogP contribution in [-0.2, 0) is 19.1 Å². The molecule has 0 fully saturated rings. The van der Waals surface area contributed by atoms with E-state index < -0.39 is 24.8 Å². The van der Waals surface area contributed by atoms with Gasteiger partial charge in [-0.05, 0) is 6.92 Å². The molecule has 6 heteroatoms. The van der Waals surface area contributed by atoms with Crippen LogP contribution in [0.3, 0.4) is 0 Å². The Morgan fingerprint density at radius 1 is 1.50 bits per heavy atom. The highest BCUT2D eigenvalue weighted by molar-refractivity contribution is 5.73. The first kappa shape index (κ1) is 10.9. The molecule has 0 saturated carbocycles. The zero-order valence-corrected chi connectivity index (χ0v) is 6.52. The summed E-state index contributed by atoms with van der Waals surface area (Å²) < 4.78 is 8.53. The van der Waals surface area contributed by atoms with E-state index in [0.717, 1.165) is 0 Å². The molecule has 0 radical (unpaired) electrons. The van der Waals surface area contributed by atoms with E-state index in [0.29, 0.717) is 0 Å². The number of aliphatic carboxylic acids is 1. The van der Waals surface area contributed by atoms with E-state index in [1.165, 1.54) is 0 Å². The van der Waals surface area contributed by atoms with Gasteiger partial charge in [0, 0.05) is 0 Å². The van der Waals surface area contributed by atoms with Gasteiger partial charge in [-0.25, -0.2) is 9.59 Å². The lowest BCUT2D eigenvalue weighted by atomic mass is 10.6. The fraction of sp³-hybridized carbons (Fsp3) is 0.667. The molecule has 6 nitrogen and oxygen atoms in total. The van der Waals surface area contributed by atoms with Crippen LogP contribution in [0.2, 0.25) is 0 Å². The van der Waals surface area contributed by atoms with E-state index in [1.54, 1.807) is 6.92 Å². The molecule has 0 bridgehead atoms. The third kappa shape index (κ3) is 4.64. The van der Waals surface area contributed by atoms with E-state index in [2.05, 4.69) is 9.47 Å². The molecule has 0 amide bonds. The van der Waals surface area contributed by atoms with Crippen LogP contribution in [0.25, 0.3) is 0 Å². The summed E-state index contributed by atoms with van der Waals surface area (Å²) in [6.07, 6.45) is -1.82. The minimum absolute atomic E-state index is 0.103. The third-order valence-corrected chi connectivity index (χ3v) is 0.853. The number of aliphatic hydroxyl groups is 1. The summed E-state index contributed by atoms with van der Waals surface area (Å²) in [5, 5.41) is 16.8. The van der Waals surface area contributed by atoms with Crippen molar-refractivity contribution in [3.8, 4) is 0 Å². The average Bonchev–Trinajstić information content (AvgIpc) is 2.00. The third-order valence-electron chi connectivity index (χ3n) is 0.853. The number of carbonyl (C=O) groups excluding carboxylic acids is 1. The van der Waals surface area contributed by atoms with Gasteiger partial charge in [0.25, 0.3) is 6.29 Å². The van der Waals surface area contributed by atoms with Gasteiger partial charge in [0.1, 0.15) is 6.61 Å². The highest BCUT2D eigenvalue weighted by Gasteiger charge is 2.17. The van der Waals surface area contributed by atoms with Gasteiger partial charge in [0.05, 0.1) is 6.61 Å². The molecule has 0 aromatic carbocycles. The largest absolute Gasteiger partial charge is 0.480 e. The Balaban J connectivity index is 3.63. The topological polar surface area (TPSA) is 93.1 Å². The molecule has 0 aliphatic heterocycles. The highest BCUT2D eigenvalue weighted by atomic mass is 16.7. The van der Waals surface area contributed by atoms with Gasteiger partial charge < -0.3 is 19.7 Å². The van der Waals surface area contributed by atoms with Crippen LogP contribution in [0.4, 0.5) is 0 Å². The summed E-state index contributed by atoms with van der Waals surface area (Å²) >= 11 is 0. The lowest BCUT2D eigenvalue weighted by molar-refractivity contribution is -0.186.